The van der Waals surface area contributed by atoms with Gasteiger partial charge in [-0.15, -0.1) is 10.2 Å². The smallest absolute Gasteiger partial charge is 0.371 e. The van der Waals surface area contributed by atoms with Crippen molar-refractivity contribution in [1.29, 1.82) is 0 Å². The maximum absolute atomic E-state index is 13.5. The quantitative estimate of drug-likeness (QED) is 0.581. The molecular weight excluding hydrogens is 461 g/mol. The first-order valence-corrected chi connectivity index (χ1v) is 11.5. The molecule has 35 heavy (non-hydrogen) atoms. The predicted octanol–water partition coefficient (Wildman–Crippen LogP) is 3.96. The molecule has 0 radical (unpaired) electrons. The highest BCUT2D eigenvalue weighted by Gasteiger charge is 2.45. The number of benzene rings is 1. The van der Waals surface area contributed by atoms with Crippen molar-refractivity contribution in [3.8, 4) is 0 Å². The molecule has 5 rings (SSSR count). The number of halogens is 3. The fraction of sp³-hybridized carbons (Fsp3) is 0.458. The molecule has 0 spiro atoms. The Balaban J connectivity index is 1.30. The minimum Gasteiger partial charge on any atom is -0.371 e. The highest BCUT2D eigenvalue weighted by atomic mass is 19.4. The van der Waals surface area contributed by atoms with Crippen LogP contribution in [0.4, 0.5) is 23.7 Å². The molecule has 0 bridgehead atoms. The normalized spacial score (nSPS) is 23.4. The summed E-state index contributed by atoms with van der Waals surface area (Å²) in [5.41, 5.74) is 0.894. The lowest BCUT2D eigenvalue weighted by Crippen LogP contribution is -2.29. The Morgan fingerprint density at radius 1 is 1.11 bits per heavy atom. The largest absolute Gasteiger partial charge is 0.416 e. The van der Waals surface area contributed by atoms with Gasteiger partial charge < -0.3 is 15.3 Å². The van der Waals surface area contributed by atoms with E-state index in [0.717, 1.165) is 6.07 Å². The summed E-state index contributed by atoms with van der Waals surface area (Å²) in [6, 6.07) is 8.98. The number of aromatic nitrogens is 3. The van der Waals surface area contributed by atoms with Crippen LogP contribution < -0.4 is 5.32 Å². The topological polar surface area (TPSA) is 86.0 Å². The van der Waals surface area contributed by atoms with E-state index >= 15 is 0 Å². The molecule has 2 fully saturated rings. The number of nitrogens with one attached hydrogen (secondary N) is 1. The first-order valence-electron chi connectivity index (χ1n) is 11.5. The zero-order chi connectivity index (χ0) is 24.9. The molecule has 2 aromatic heterocycles. The molecule has 2 unspecified atom stereocenters. The summed E-state index contributed by atoms with van der Waals surface area (Å²) in [7, 11) is 3.27. The average molecular weight is 489 g/mol. The Kier molecular flexibility index (Phi) is 5.92. The molecule has 4 atom stereocenters. The summed E-state index contributed by atoms with van der Waals surface area (Å²) < 4.78 is 42.1. The van der Waals surface area contributed by atoms with Crippen molar-refractivity contribution in [3.05, 3.63) is 59.5 Å². The van der Waals surface area contributed by atoms with Crippen molar-refractivity contribution >= 4 is 17.4 Å². The third-order valence-electron chi connectivity index (χ3n) is 7.15. The van der Waals surface area contributed by atoms with Crippen LogP contribution in [0.1, 0.15) is 41.9 Å². The van der Waals surface area contributed by atoms with E-state index in [1.807, 2.05) is 4.90 Å². The molecule has 3 heterocycles. The Morgan fingerprint density at radius 2 is 1.80 bits per heavy atom. The summed E-state index contributed by atoms with van der Waals surface area (Å²) in [5.74, 6) is 0.592. The fourth-order valence-electron chi connectivity index (χ4n) is 5.46. The van der Waals surface area contributed by atoms with Gasteiger partial charge in [0.15, 0.2) is 17.7 Å². The molecule has 8 nitrogen and oxygen atoms in total. The number of nitrogens with zero attached hydrogens (tertiary/aromatic N) is 5. The molecule has 1 aromatic carbocycles. The number of carbonyl (C=O) groups is 1. The number of pyridine rings is 1. The minimum absolute atomic E-state index is 0.140. The second kappa shape index (κ2) is 8.80. The van der Waals surface area contributed by atoms with E-state index in [2.05, 4.69) is 15.5 Å². The summed E-state index contributed by atoms with van der Waals surface area (Å²) in [6.07, 6.45) is -2.41. The fourth-order valence-corrected chi connectivity index (χ4v) is 5.46. The second-order valence-corrected chi connectivity index (χ2v) is 9.63. The van der Waals surface area contributed by atoms with Gasteiger partial charge in [0.2, 0.25) is 0 Å². The summed E-state index contributed by atoms with van der Waals surface area (Å²) >= 11 is 0. The molecule has 186 valence electrons. The van der Waals surface area contributed by atoms with E-state index in [4.69, 9.17) is 0 Å². The molecule has 2 aliphatic rings. The predicted molar refractivity (Wildman–Crippen MR) is 123 cm³/mol. The SMILES string of the molecule is CN(C)C(=O)Nc1ccc2nnc(C(O)N3C[C@H]4CC(c5ccccc5C(F)(F)F)C[C@H]4C3)n2c1. The number of aliphatic hydroxyl groups excluding tert-OH is 1. The Morgan fingerprint density at radius 3 is 2.46 bits per heavy atom. The number of carbonyl (C=O) groups excluding carboxylic acids is 1. The molecule has 1 aliphatic heterocycles. The highest BCUT2D eigenvalue weighted by molar-refractivity contribution is 5.88. The minimum atomic E-state index is -4.36. The van der Waals surface area contributed by atoms with Crippen molar-refractivity contribution in [2.24, 2.45) is 11.8 Å². The van der Waals surface area contributed by atoms with Gasteiger partial charge in [-0.25, -0.2) is 4.79 Å². The lowest BCUT2D eigenvalue weighted by Gasteiger charge is -2.24. The number of urea groups is 1. The van der Waals surface area contributed by atoms with Crippen molar-refractivity contribution < 1.29 is 23.1 Å². The van der Waals surface area contributed by atoms with Gasteiger partial charge >= 0.3 is 12.2 Å². The van der Waals surface area contributed by atoms with Gasteiger partial charge in [-0.2, -0.15) is 13.2 Å². The van der Waals surface area contributed by atoms with Gasteiger partial charge in [-0.1, -0.05) is 18.2 Å². The first-order chi connectivity index (χ1) is 16.6. The van der Waals surface area contributed by atoms with Gasteiger partial charge in [0.05, 0.1) is 11.3 Å². The van der Waals surface area contributed by atoms with Gasteiger partial charge in [0.1, 0.15) is 0 Å². The van der Waals surface area contributed by atoms with E-state index < -0.39 is 18.0 Å². The highest BCUT2D eigenvalue weighted by Crippen LogP contribution is 2.49. The zero-order valence-electron chi connectivity index (χ0n) is 19.4. The Labute approximate surface area is 200 Å². The van der Waals surface area contributed by atoms with Crippen molar-refractivity contribution in [3.63, 3.8) is 0 Å². The van der Waals surface area contributed by atoms with Crippen LogP contribution in [0.5, 0.6) is 0 Å². The third-order valence-corrected chi connectivity index (χ3v) is 7.15. The van der Waals surface area contributed by atoms with E-state index in [1.165, 1.54) is 11.0 Å². The number of alkyl halides is 3. The lowest BCUT2D eigenvalue weighted by atomic mass is 9.91. The van der Waals surface area contributed by atoms with E-state index in [-0.39, 0.29) is 23.8 Å². The number of rotatable bonds is 4. The maximum atomic E-state index is 13.5. The van der Waals surface area contributed by atoms with Crippen LogP contribution in [0.25, 0.3) is 5.65 Å². The maximum Gasteiger partial charge on any atom is 0.416 e. The monoisotopic (exact) mass is 488 g/mol. The molecular formula is C24H27F3N6O2. The number of amides is 2. The van der Waals surface area contributed by atoms with E-state index in [0.29, 0.717) is 48.7 Å². The third kappa shape index (κ3) is 4.45. The second-order valence-electron chi connectivity index (χ2n) is 9.63. The summed E-state index contributed by atoms with van der Waals surface area (Å²) in [5, 5.41) is 22.2. The number of fused-ring (bicyclic) bond motifs is 2. The molecule has 11 heteroatoms. The Hall–Kier alpha value is -3.18. The summed E-state index contributed by atoms with van der Waals surface area (Å²) in [6.45, 7) is 1.14. The van der Waals surface area contributed by atoms with Crippen LogP contribution in [0.3, 0.4) is 0 Å². The number of anilines is 1. The van der Waals surface area contributed by atoms with Crippen molar-refractivity contribution in [1.82, 2.24) is 24.4 Å². The molecule has 2 amide bonds. The van der Waals surface area contributed by atoms with Crippen LogP contribution in [0.2, 0.25) is 0 Å². The van der Waals surface area contributed by atoms with Crippen molar-refractivity contribution in [2.45, 2.75) is 31.2 Å². The molecule has 2 N–H and O–H groups in total. The number of hydrogen-bond acceptors (Lipinski definition) is 5. The Bertz CT molecular complexity index is 1230. The van der Waals surface area contributed by atoms with E-state index in [9.17, 15) is 23.1 Å². The molecule has 1 aliphatic carbocycles. The average Bonchev–Trinajstić information content (AvgIpc) is 3.51. The molecule has 3 aromatic rings. The van der Waals surface area contributed by atoms with Gasteiger partial charge in [0.25, 0.3) is 0 Å². The standard InChI is InChI=1S/C24H27F3N6O2/c1-31(2)23(35)28-17-7-8-20-29-30-21(33(20)13-17)22(34)32-11-15-9-14(10-16(15)12-32)18-5-3-4-6-19(18)24(25,26)27/h3-8,13-16,22,34H,9-12H2,1-2H3,(H,28,35)/t14?,15-,16+,22?. The van der Waals surface area contributed by atoms with Crippen molar-refractivity contribution in [2.75, 3.05) is 32.5 Å². The van der Waals surface area contributed by atoms with Crippen LogP contribution >= 0.6 is 0 Å². The van der Waals surface area contributed by atoms with Gasteiger partial charge in [-0.05, 0) is 54.4 Å². The lowest BCUT2D eigenvalue weighted by molar-refractivity contribution is -0.138. The zero-order valence-corrected chi connectivity index (χ0v) is 19.4. The molecule has 1 saturated heterocycles. The van der Waals surface area contributed by atoms with Gasteiger partial charge in [-0.3, -0.25) is 9.30 Å². The van der Waals surface area contributed by atoms with Crippen LogP contribution in [0.15, 0.2) is 42.6 Å². The van der Waals surface area contributed by atoms with Gasteiger partial charge in [0, 0.05) is 33.4 Å². The summed E-state index contributed by atoms with van der Waals surface area (Å²) in [4.78, 5) is 15.3. The van der Waals surface area contributed by atoms with E-state index in [1.54, 1.807) is 49.0 Å². The van der Waals surface area contributed by atoms with Crippen LogP contribution in [0, 0.1) is 11.8 Å². The van der Waals surface area contributed by atoms with Crippen LogP contribution in [-0.4, -0.2) is 62.7 Å². The number of aliphatic hydroxyl groups is 1. The number of likely N-dealkylation sites (tertiary alicyclic amines) is 1. The first kappa shape index (κ1) is 23.6. The van der Waals surface area contributed by atoms with Crippen LogP contribution in [-0.2, 0) is 6.18 Å². The molecule has 1 saturated carbocycles. The number of hydrogen-bond donors (Lipinski definition) is 2.